The van der Waals surface area contributed by atoms with E-state index in [1.54, 1.807) is 30.3 Å². The molecule has 6 nitrogen and oxygen atoms in total. The van der Waals surface area contributed by atoms with Crippen molar-refractivity contribution < 1.29 is 22.7 Å². The van der Waals surface area contributed by atoms with E-state index in [-0.39, 0.29) is 17.2 Å². The van der Waals surface area contributed by atoms with Gasteiger partial charge in [0.2, 0.25) is 6.10 Å². The molecule has 0 radical (unpaired) electrons. The van der Waals surface area contributed by atoms with Crippen LogP contribution >= 0.6 is 0 Å². The van der Waals surface area contributed by atoms with Crippen LogP contribution in [-0.2, 0) is 14.6 Å². The number of benzene rings is 2. The molecule has 7 heteroatoms. The van der Waals surface area contributed by atoms with Crippen LogP contribution in [0.5, 0.6) is 11.5 Å². The van der Waals surface area contributed by atoms with E-state index in [4.69, 9.17) is 9.47 Å². The zero-order chi connectivity index (χ0) is 16.4. The molecule has 0 aromatic heterocycles. The lowest BCUT2D eigenvalue weighted by Gasteiger charge is -2.25. The number of nitrogens with one attached hydrogen (secondary N) is 1. The lowest BCUT2D eigenvalue weighted by atomic mass is 10.2. The van der Waals surface area contributed by atoms with E-state index in [1.165, 1.54) is 12.1 Å². The smallest absolute Gasteiger partial charge is 0.269 e. The minimum absolute atomic E-state index is 0.0594. The fourth-order valence-corrected chi connectivity index (χ4v) is 3.10. The monoisotopic (exact) mass is 333 g/mol. The van der Waals surface area contributed by atoms with E-state index in [0.29, 0.717) is 11.5 Å². The number of amides is 1. The molecule has 23 heavy (non-hydrogen) atoms. The molecular formula is C16H15NO5S. The van der Waals surface area contributed by atoms with E-state index in [0.717, 1.165) is 6.26 Å². The van der Waals surface area contributed by atoms with Crippen LogP contribution in [0.1, 0.15) is 0 Å². The Bertz CT molecular complexity index is 847. The van der Waals surface area contributed by atoms with Gasteiger partial charge in [0.25, 0.3) is 5.91 Å². The first-order valence-electron chi connectivity index (χ1n) is 6.93. The standard InChI is InChI=1S/C16H15NO5S/c1-23(19,20)15-9-5-2-6-11(15)17-16(18)14-10-21-12-7-3-4-8-13(12)22-14/h2-9,14H,10H2,1H3,(H,17,18). The molecule has 1 N–H and O–H groups in total. The van der Waals surface area contributed by atoms with Crippen molar-refractivity contribution in [1.29, 1.82) is 0 Å². The van der Waals surface area contributed by atoms with Crippen molar-refractivity contribution in [2.75, 3.05) is 18.2 Å². The number of sulfone groups is 1. The van der Waals surface area contributed by atoms with Gasteiger partial charge in [-0.1, -0.05) is 24.3 Å². The summed E-state index contributed by atoms with van der Waals surface area (Å²) in [6, 6.07) is 13.3. The van der Waals surface area contributed by atoms with Crippen molar-refractivity contribution in [2.24, 2.45) is 0 Å². The number of anilines is 1. The Morgan fingerprint density at radius 2 is 1.74 bits per heavy atom. The van der Waals surface area contributed by atoms with Crippen molar-refractivity contribution in [3.05, 3.63) is 48.5 Å². The number of hydrogen-bond donors (Lipinski definition) is 1. The van der Waals surface area contributed by atoms with Crippen LogP contribution in [0.15, 0.2) is 53.4 Å². The molecule has 0 saturated heterocycles. The van der Waals surface area contributed by atoms with Gasteiger partial charge >= 0.3 is 0 Å². The molecule has 2 aromatic carbocycles. The number of carbonyl (C=O) groups excluding carboxylic acids is 1. The lowest BCUT2D eigenvalue weighted by Crippen LogP contribution is -2.40. The van der Waals surface area contributed by atoms with Gasteiger partial charge in [-0.15, -0.1) is 0 Å². The van der Waals surface area contributed by atoms with Crippen LogP contribution in [0.3, 0.4) is 0 Å². The molecule has 2 aromatic rings. The summed E-state index contributed by atoms with van der Waals surface area (Å²) in [6.07, 6.45) is 0.242. The quantitative estimate of drug-likeness (QED) is 0.927. The number of carbonyl (C=O) groups is 1. The molecule has 1 unspecified atom stereocenters. The molecule has 1 aliphatic rings. The van der Waals surface area contributed by atoms with Crippen LogP contribution in [0.2, 0.25) is 0 Å². The molecule has 0 aliphatic carbocycles. The molecule has 0 fully saturated rings. The molecular weight excluding hydrogens is 318 g/mol. The Labute approximate surface area is 134 Å². The number of rotatable bonds is 3. The maximum absolute atomic E-state index is 12.3. The predicted octanol–water partition coefficient (Wildman–Crippen LogP) is 1.87. The normalized spacial score (nSPS) is 16.7. The highest BCUT2D eigenvalue weighted by atomic mass is 32.2. The summed E-state index contributed by atoms with van der Waals surface area (Å²) >= 11 is 0. The highest BCUT2D eigenvalue weighted by Gasteiger charge is 2.28. The van der Waals surface area contributed by atoms with Gasteiger partial charge in [-0.25, -0.2) is 8.42 Å². The zero-order valence-electron chi connectivity index (χ0n) is 12.4. The summed E-state index contributed by atoms with van der Waals surface area (Å²) in [5.41, 5.74) is 0.224. The predicted molar refractivity (Wildman–Crippen MR) is 84.5 cm³/mol. The molecule has 120 valence electrons. The molecule has 0 bridgehead atoms. The summed E-state index contributed by atoms with van der Waals surface area (Å²) in [6.45, 7) is 0.0594. The van der Waals surface area contributed by atoms with Crippen LogP contribution < -0.4 is 14.8 Å². The second kappa shape index (κ2) is 5.92. The first-order valence-corrected chi connectivity index (χ1v) is 8.83. The van der Waals surface area contributed by atoms with Crippen LogP contribution in [0, 0.1) is 0 Å². The van der Waals surface area contributed by atoms with E-state index >= 15 is 0 Å². The Morgan fingerprint density at radius 1 is 1.09 bits per heavy atom. The second-order valence-electron chi connectivity index (χ2n) is 5.12. The highest BCUT2D eigenvalue weighted by molar-refractivity contribution is 7.90. The summed E-state index contributed by atoms with van der Waals surface area (Å²) in [5.74, 6) is 0.596. The fraction of sp³-hybridized carbons (Fsp3) is 0.188. The number of fused-ring (bicyclic) bond motifs is 1. The van der Waals surface area contributed by atoms with Crippen LogP contribution in [0.25, 0.3) is 0 Å². The van der Waals surface area contributed by atoms with Gasteiger partial charge in [0.05, 0.1) is 10.6 Å². The minimum atomic E-state index is -3.45. The Kier molecular flexibility index (Phi) is 3.96. The van der Waals surface area contributed by atoms with Gasteiger partial charge in [-0.05, 0) is 24.3 Å². The van der Waals surface area contributed by atoms with E-state index in [9.17, 15) is 13.2 Å². The third kappa shape index (κ3) is 3.29. The van der Waals surface area contributed by atoms with Crippen molar-refractivity contribution in [2.45, 2.75) is 11.0 Å². The second-order valence-corrected chi connectivity index (χ2v) is 7.11. The summed E-state index contributed by atoms with van der Waals surface area (Å²) in [7, 11) is -3.45. The van der Waals surface area contributed by atoms with Gasteiger partial charge in [-0.3, -0.25) is 4.79 Å². The van der Waals surface area contributed by atoms with Gasteiger partial charge in [-0.2, -0.15) is 0 Å². The molecule has 0 saturated carbocycles. The molecule has 3 rings (SSSR count). The summed E-state index contributed by atoms with van der Waals surface area (Å²) in [4.78, 5) is 12.4. The van der Waals surface area contributed by atoms with Crippen LogP contribution in [0.4, 0.5) is 5.69 Å². The van der Waals surface area contributed by atoms with E-state index in [2.05, 4.69) is 5.32 Å². The molecule has 1 amide bonds. The SMILES string of the molecule is CS(=O)(=O)c1ccccc1NC(=O)C1COc2ccccc2O1. The van der Waals surface area contributed by atoms with Gasteiger partial charge in [0.1, 0.15) is 6.61 Å². The highest BCUT2D eigenvalue weighted by Crippen LogP contribution is 2.31. The van der Waals surface area contributed by atoms with E-state index in [1.807, 2.05) is 6.07 Å². The molecule has 0 spiro atoms. The fourth-order valence-electron chi connectivity index (χ4n) is 2.26. The Morgan fingerprint density at radius 3 is 2.48 bits per heavy atom. The van der Waals surface area contributed by atoms with Gasteiger partial charge in [0.15, 0.2) is 21.3 Å². The number of ether oxygens (including phenoxy) is 2. The maximum atomic E-state index is 12.3. The maximum Gasteiger partial charge on any atom is 0.269 e. The van der Waals surface area contributed by atoms with Crippen LogP contribution in [-0.4, -0.2) is 33.3 Å². The van der Waals surface area contributed by atoms with Crippen molar-refractivity contribution in [3.63, 3.8) is 0 Å². The molecule has 1 atom stereocenters. The third-order valence-electron chi connectivity index (χ3n) is 3.35. The number of para-hydroxylation sites is 3. The largest absolute Gasteiger partial charge is 0.485 e. The summed E-state index contributed by atoms with van der Waals surface area (Å²) < 4.78 is 34.6. The minimum Gasteiger partial charge on any atom is -0.485 e. The topological polar surface area (TPSA) is 81.7 Å². The van der Waals surface area contributed by atoms with E-state index < -0.39 is 21.8 Å². The van der Waals surface area contributed by atoms with Crippen molar-refractivity contribution >= 4 is 21.4 Å². The average molecular weight is 333 g/mol. The first-order chi connectivity index (χ1) is 10.9. The molecule has 1 heterocycles. The summed E-state index contributed by atoms with van der Waals surface area (Å²) in [5, 5.41) is 2.59. The zero-order valence-corrected chi connectivity index (χ0v) is 13.2. The van der Waals surface area contributed by atoms with Crippen molar-refractivity contribution in [3.8, 4) is 11.5 Å². The third-order valence-corrected chi connectivity index (χ3v) is 4.50. The van der Waals surface area contributed by atoms with Crippen molar-refractivity contribution in [1.82, 2.24) is 0 Å². The van der Waals surface area contributed by atoms with Gasteiger partial charge < -0.3 is 14.8 Å². The Hall–Kier alpha value is -2.54. The first kappa shape index (κ1) is 15.4. The lowest BCUT2D eigenvalue weighted by molar-refractivity contribution is -0.125. The molecule has 1 aliphatic heterocycles. The average Bonchev–Trinajstić information content (AvgIpc) is 2.54. The number of hydrogen-bond acceptors (Lipinski definition) is 5. The van der Waals surface area contributed by atoms with Gasteiger partial charge in [0, 0.05) is 6.26 Å². The Balaban J connectivity index is 1.79.